The standard InChI is InChI=1S/C8H14ClNO/c9-2-1-3-10-5-8-4-7(10)6-11-8/h7-8H,1-6H2. The van der Waals surface area contributed by atoms with Gasteiger partial charge in [-0.05, 0) is 19.4 Å². The van der Waals surface area contributed by atoms with Crippen molar-refractivity contribution in [2.75, 3.05) is 25.6 Å². The summed E-state index contributed by atoms with van der Waals surface area (Å²) >= 11 is 5.62. The van der Waals surface area contributed by atoms with Gasteiger partial charge in [0.2, 0.25) is 0 Å². The molecule has 0 aromatic rings. The zero-order chi connectivity index (χ0) is 7.68. The summed E-state index contributed by atoms with van der Waals surface area (Å²) in [6, 6.07) is 0.711. The number of nitrogens with zero attached hydrogens (tertiary/aromatic N) is 1. The SMILES string of the molecule is ClCCCN1CC2CC1CO2. The smallest absolute Gasteiger partial charge is 0.0718 e. The van der Waals surface area contributed by atoms with Crippen LogP contribution < -0.4 is 0 Å². The van der Waals surface area contributed by atoms with E-state index in [1.165, 1.54) is 6.42 Å². The minimum atomic E-state index is 0.537. The average molecular weight is 176 g/mol. The monoisotopic (exact) mass is 175 g/mol. The van der Waals surface area contributed by atoms with Gasteiger partial charge in [-0.25, -0.2) is 0 Å². The van der Waals surface area contributed by atoms with Crippen LogP contribution in [-0.4, -0.2) is 42.6 Å². The van der Waals surface area contributed by atoms with E-state index < -0.39 is 0 Å². The molecule has 0 aromatic heterocycles. The lowest BCUT2D eigenvalue weighted by atomic mass is 10.2. The first-order valence-electron chi connectivity index (χ1n) is 4.32. The largest absolute Gasteiger partial charge is 0.375 e. The molecule has 0 aliphatic carbocycles. The summed E-state index contributed by atoms with van der Waals surface area (Å²) in [6.07, 6.45) is 2.91. The summed E-state index contributed by atoms with van der Waals surface area (Å²) in [5, 5.41) is 0. The second kappa shape index (κ2) is 3.30. The average Bonchev–Trinajstić information content (AvgIpc) is 2.60. The van der Waals surface area contributed by atoms with Crippen molar-refractivity contribution in [2.24, 2.45) is 0 Å². The molecule has 2 aliphatic rings. The summed E-state index contributed by atoms with van der Waals surface area (Å²) in [4.78, 5) is 2.51. The van der Waals surface area contributed by atoms with Crippen molar-refractivity contribution in [3.05, 3.63) is 0 Å². The Balaban J connectivity index is 1.78. The van der Waals surface area contributed by atoms with Crippen molar-refractivity contribution in [3.8, 4) is 0 Å². The van der Waals surface area contributed by atoms with Gasteiger partial charge in [-0.2, -0.15) is 0 Å². The van der Waals surface area contributed by atoms with Crippen LogP contribution in [0.3, 0.4) is 0 Å². The highest BCUT2D eigenvalue weighted by atomic mass is 35.5. The molecule has 2 saturated heterocycles. The van der Waals surface area contributed by atoms with Crippen molar-refractivity contribution < 1.29 is 4.74 Å². The number of hydrogen-bond donors (Lipinski definition) is 0. The van der Waals surface area contributed by atoms with Gasteiger partial charge in [0, 0.05) is 18.5 Å². The molecule has 2 bridgehead atoms. The Morgan fingerprint density at radius 3 is 3.00 bits per heavy atom. The number of ether oxygens (including phenoxy) is 1. The van der Waals surface area contributed by atoms with Crippen LogP contribution in [0.2, 0.25) is 0 Å². The van der Waals surface area contributed by atoms with Gasteiger partial charge in [-0.3, -0.25) is 4.90 Å². The highest BCUT2D eigenvalue weighted by molar-refractivity contribution is 6.17. The number of fused-ring (bicyclic) bond motifs is 2. The fraction of sp³-hybridized carbons (Fsp3) is 1.00. The van der Waals surface area contributed by atoms with E-state index in [9.17, 15) is 0 Å². The maximum Gasteiger partial charge on any atom is 0.0718 e. The molecular weight excluding hydrogens is 162 g/mol. The van der Waals surface area contributed by atoms with Crippen LogP contribution in [0, 0.1) is 0 Å². The zero-order valence-electron chi connectivity index (χ0n) is 6.63. The first-order chi connectivity index (χ1) is 5.40. The number of hydrogen-bond acceptors (Lipinski definition) is 2. The minimum absolute atomic E-state index is 0.537. The Bertz CT molecular complexity index is 142. The second-order valence-electron chi connectivity index (χ2n) is 3.38. The topological polar surface area (TPSA) is 12.5 Å². The number of halogens is 1. The van der Waals surface area contributed by atoms with Gasteiger partial charge in [0.15, 0.2) is 0 Å². The molecule has 2 nitrogen and oxygen atoms in total. The Hall–Kier alpha value is 0.210. The number of likely N-dealkylation sites (tertiary alicyclic amines) is 1. The lowest BCUT2D eigenvalue weighted by molar-refractivity contribution is 0.0308. The fourth-order valence-corrected chi connectivity index (χ4v) is 2.14. The van der Waals surface area contributed by atoms with Crippen molar-refractivity contribution in [2.45, 2.75) is 25.0 Å². The molecule has 2 atom stereocenters. The molecule has 2 heterocycles. The van der Waals surface area contributed by atoms with E-state index in [-0.39, 0.29) is 0 Å². The molecule has 0 amide bonds. The summed E-state index contributed by atoms with van der Waals surface area (Å²) in [7, 11) is 0. The maximum absolute atomic E-state index is 5.62. The Kier molecular flexibility index (Phi) is 2.35. The van der Waals surface area contributed by atoms with Crippen LogP contribution in [0.1, 0.15) is 12.8 Å². The minimum Gasteiger partial charge on any atom is -0.375 e. The molecule has 2 aliphatic heterocycles. The third-order valence-electron chi connectivity index (χ3n) is 2.59. The van der Waals surface area contributed by atoms with Gasteiger partial charge in [0.1, 0.15) is 0 Å². The lowest BCUT2D eigenvalue weighted by Gasteiger charge is -2.25. The zero-order valence-corrected chi connectivity index (χ0v) is 7.39. The van der Waals surface area contributed by atoms with Crippen LogP contribution in [-0.2, 0) is 4.74 Å². The van der Waals surface area contributed by atoms with Crippen molar-refractivity contribution in [1.29, 1.82) is 0 Å². The van der Waals surface area contributed by atoms with E-state index in [4.69, 9.17) is 16.3 Å². The highest BCUT2D eigenvalue weighted by Gasteiger charge is 2.38. The molecule has 11 heavy (non-hydrogen) atoms. The van der Waals surface area contributed by atoms with Crippen LogP contribution >= 0.6 is 11.6 Å². The molecule has 0 aromatic carbocycles. The summed E-state index contributed by atoms with van der Waals surface area (Å²) < 4.78 is 5.49. The fourth-order valence-electron chi connectivity index (χ4n) is 2.02. The van der Waals surface area contributed by atoms with Crippen molar-refractivity contribution in [3.63, 3.8) is 0 Å². The number of morpholine rings is 1. The summed E-state index contributed by atoms with van der Waals surface area (Å²) in [5.41, 5.74) is 0. The Labute approximate surface area is 72.5 Å². The van der Waals surface area contributed by atoms with Gasteiger partial charge in [0.25, 0.3) is 0 Å². The van der Waals surface area contributed by atoms with Gasteiger partial charge in [-0.1, -0.05) is 0 Å². The van der Waals surface area contributed by atoms with Crippen molar-refractivity contribution >= 4 is 11.6 Å². The Morgan fingerprint density at radius 1 is 1.55 bits per heavy atom. The van der Waals surface area contributed by atoms with Gasteiger partial charge in [-0.15, -0.1) is 11.6 Å². The molecule has 3 heteroatoms. The molecule has 0 radical (unpaired) electrons. The maximum atomic E-state index is 5.62. The highest BCUT2D eigenvalue weighted by Crippen LogP contribution is 2.27. The van der Waals surface area contributed by atoms with Crippen LogP contribution in [0.15, 0.2) is 0 Å². The first kappa shape index (κ1) is 7.84. The summed E-state index contributed by atoms with van der Waals surface area (Å²) in [6.45, 7) is 3.25. The normalized spacial score (nSPS) is 36.8. The second-order valence-corrected chi connectivity index (χ2v) is 3.76. The molecule has 2 fully saturated rings. The Morgan fingerprint density at radius 2 is 2.45 bits per heavy atom. The van der Waals surface area contributed by atoms with Gasteiger partial charge in [0.05, 0.1) is 12.7 Å². The molecule has 0 spiro atoms. The van der Waals surface area contributed by atoms with Crippen molar-refractivity contribution in [1.82, 2.24) is 4.90 Å². The molecular formula is C8H14ClNO. The lowest BCUT2D eigenvalue weighted by Crippen LogP contribution is -2.37. The van der Waals surface area contributed by atoms with E-state index >= 15 is 0 Å². The quantitative estimate of drug-likeness (QED) is 0.596. The number of rotatable bonds is 3. The first-order valence-corrected chi connectivity index (χ1v) is 4.85. The molecule has 64 valence electrons. The van der Waals surface area contributed by atoms with E-state index in [1.54, 1.807) is 0 Å². The van der Waals surface area contributed by atoms with Crippen LogP contribution in [0.25, 0.3) is 0 Å². The van der Waals surface area contributed by atoms with Crippen LogP contribution in [0.5, 0.6) is 0 Å². The van der Waals surface area contributed by atoms with Crippen LogP contribution in [0.4, 0.5) is 0 Å². The van der Waals surface area contributed by atoms with E-state index in [1.807, 2.05) is 0 Å². The predicted octanol–water partition coefficient (Wildman–Crippen LogP) is 1.09. The van der Waals surface area contributed by atoms with Gasteiger partial charge >= 0.3 is 0 Å². The molecule has 0 N–H and O–H groups in total. The molecule has 2 unspecified atom stereocenters. The number of alkyl halides is 1. The third-order valence-corrected chi connectivity index (χ3v) is 2.86. The molecule has 0 saturated carbocycles. The van der Waals surface area contributed by atoms with E-state index in [2.05, 4.69) is 4.90 Å². The predicted molar refractivity (Wildman–Crippen MR) is 45.1 cm³/mol. The van der Waals surface area contributed by atoms with E-state index in [0.717, 1.165) is 32.0 Å². The molecule has 2 rings (SSSR count). The van der Waals surface area contributed by atoms with E-state index in [0.29, 0.717) is 12.1 Å². The van der Waals surface area contributed by atoms with Gasteiger partial charge < -0.3 is 4.74 Å². The summed E-state index contributed by atoms with van der Waals surface area (Å²) in [5.74, 6) is 0.786. The third kappa shape index (κ3) is 1.53.